The summed E-state index contributed by atoms with van der Waals surface area (Å²) >= 11 is 0. The maximum atomic E-state index is 12.4. The average molecular weight is 325 g/mol. The lowest BCUT2D eigenvalue weighted by Gasteiger charge is -2.15. The standard InChI is InChI=1S/C23H19NO/c25-23(24-20-9-2-1-3-10-20)19-15-13-18(14-16-19)22-12-6-8-17-7-4-5-11-21(17)22/h1-3,5-6,8-16H,4,7H2,(H,24,25). The molecule has 1 aliphatic rings. The molecule has 0 atom stereocenters. The molecule has 0 spiro atoms. The van der Waals surface area contributed by atoms with Crippen LogP contribution in [0.2, 0.25) is 0 Å². The van der Waals surface area contributed by atoms with Gasteiger partial charge in [-0.25, -0.2) is 0 Å². The summed E-state index contributed by atoms with van der Waals surface area (Å²) in [5, 5.41) is 2.92. The molecule has 0 saturated carbocycles. The minimum Gasteiger partial charge on any atom is -0.322 e. The summed E-state index contributed by atoms with van der Waals surface area (Å²) in [5.74, 6) is -0.0901. The fourth-order valence-electron chi connectivity index (χ4n) is 3.25. The van der Waals surface area contributed by atoms with Gasteiger partial charge in [0.15, 0.2) is 0 Å². The highest BCUT2D eigenvalue weighted by Crippen LogP contribution is 2.30. The molecule has 3 aromatic rings. The number of nitrogens with one attached hydrogen (secondary N) is 1. The van der Waals surface area contributed by atoms with Crippen molar-refractivity contribution in [2.24, 2.45) is 0 Å². The van der Waals surface area contributed by atoms with E-state index in [1.807, 2.05) is 54.6 Å². The van der Waals surface area contributed by atoms with Gasteiger partial charge in [-0.15, -0.1) is 0 Å². The Labute approximate surface area is 147 Å². The van der Waals surface area contributed by atoms with E-state index >= 15 is 0 Å². The van der Waals surface area contributed by atoms with Gasteiger partial charge in [0.2, 0.25) is 0 Å². The molecule has 0 radical (unpaired) electrons. The van der Waals surface area contributed by atoms with Crippen LogP contribution in [0.5, 0.6) is 0 Å². The average Bonchev–Trinajstić information content (AvgIpc) is 2.68. The largest absolute Gasteiger partial charge is 0.322 e. The van der Waals surface area contributed by atoms with Gasteiger partial charge >= 0.3 is 0 Å². The molecule has 0 saturated heterocycles. The van der Waals surface area contributed by atoms with Crippen molar-refractivity contribution >= 4 is 17.7 Å². The summed E-state index contributed by atoms with van der Waals surface area (Å²) < 4.78 is 0. The molecule has 2 heteroatoms. The van der Waals surface area contributed by atoms with Gasteiger partial charge in [-0.1, -0.05) is 60.7 Å². The van der Waals surface area contributed by atoms with Crippen molar-refractivity contribution in [3.63, 3.8) is 0 Å². The first-order valence-corrected chi connectivity index (χ1v) is 8.56. The second kappa shape index (κ2) is 6.78. The molecule has 0 bridgehead atoms. The van der Waals surface area contributed by atoms with Crippen LogP contribution in [-0.4, -0.2) is 5.91 Å². The predicted octanol–water partition coefficient (Wildman–Crippen LogP) is 5.57. The molecule has 3 aromatic carbocycles. The molecule has 122 valence electrons. The van der Waals surface area contributed by atoms with Crippen molar-refractivity contribution in [2.45, 2.75) is 12.8 Å². The molecular weight excluding hydrogens is 306 g/mol. The zero-order valence-corrected chi connectivity index (χ0v) is 13.9. The highest BCUT2D eigenvalue weighted by atomic mass is 16.1. The molecule has 1 aliphatic carbocycles. The van der Waals surface area contributed by atoms with Crippen LogP contribution in [0.4, 0.5) is 5.69 Å². The molecule has 0 heterocycles. The van der Waals surface area contributed by atoms with Gasteiger partial charge in [-0.2, -0.15) is 0 Å². The lowest BCUT2D eigenvalue weighted by atomic mass is 9.90. The monoisotopic (exact) mass is 325 g/mol. The molecular formula is C23H19NO. The summed E-state index contributed by atoms with van der Waals surface area (Å²) in [5.41, 5.74) is 6.52. The summed E-state index contributed by atoms with van der Waals surface area (Å²) in [6.45, 7) is 0. The van der Waals surface area contributed by atoms with Crippen LogP contribution >= 0.6 is 0 Å². The molecule has 0 unspecified atom stereocenters. The quantitative estimate of drug-likeness (QED) is 0.670. The SMILES string of the molecule is O=C(Nc1ccccc1)c1ccc(-c2cccc3c2C=CCC3)cc1. The van der Waals surface area contributed by atoms with Gasteiger partial charge in [0, 0.05) is 11.3 Å². The van der Waals surface area contributed by atoms with E-state index in [1.165, 1.54) is 16.7 Å². The summed E-state index contributed by atoms with van der Waals surface area (Å²) in [6.07, 6.45) is 6.64. The molecule has 1 N–H and O–H groups in total. The topological polar surface area (TPSA) is 29.1 Å². The van der Waals surface area contributed by atoms with E-state index in [9.17, 15) is 4.79 Å². The van der Waals surface area contributed by atoms with Gasteiger partial charge in [0.1, 0.15) is 0 Å². The Hall–Kier alpha value is -3.13. The van der Waals surface area contributed by atoms with Crippen molar-refractivity contribution in [3.8, 4) is 11.1 Å². The molecule has 25 heavy (non-hydrogen) atoms. The van der Waals surface area contributed by atoms with Crippen LogP contribution in [0.1, 0.15) is 27.9 Å². The van der Waals surface area contributed by atoms with E-state index in [4.69, 9.17) is 0 Å². The Kier molecular flexibility index (Phi) is 4.17. The van der Waals surface area contributed by atoms with Crippen LogP contribution in [0.3, 0.4) is 0 Å². The van der Waals surface area contributed by atoms with Crippen LogP contribution in [0, 0.1) is 0 Å². The molecule has 2 nitrogen and oxygen atoms in total. The Morgan fingerprint density at radius 1 is 0.840 bits per heavy atom. The van der Waals surface area contributed by atoms with E-state index in [0.29, 0.717) is 5.56 Å². The zero-order valence-electron chi connectivity index (χ0n) is 13.9. The molecule has 0 fully saturated rings. The Balaban J connectivity index is 1.59. The molecule has 0 aliphatic heterocycles. The van der Waals surface area contributed by atoms with E-state index in [2.05, 4.69) is 35.7 Å². The van der Waals surface area contributed by atoms with Crippen LogP contribution in [-0.2, 0) is 6.42 Å². The minimum absolute atomic E-state index is 0.0901. The number of carbonyl (C=O) groups excluding carboxylic acids is 1. The third-order valence-electron chi connectivity index (χ3n) is 4.55. The number of aryl methyl sites for hydroxylation is 1. The number of fused-ring (bicyclic) bond motifs is 1. The second-order valence-corrected chi connectivity index (χ2v) is 6.22. The van der Waals surface area contributed by atoms with E-state index in [1.54, 1.807) is 0 Å². The number of anilines is 1. The molecule has 0 aromatic heterocycles. The first-order chi connectivity index (χ1) is 12.3. The number of carbonyl (C=O) groups is 1. The number of allylic oxidation sites excluding steroid dienone is 1. The van der Waals surface area contributed by atoms with Crippen LogP contribution < -0.4 is 5.32 Å². The Morgan fingerprint density at radius 2 is 1.64 bits per heavy atom. The second-order valence-electron chi connectivity index (χ2n) is 6.22. The van der Waals surface area contributed by atoms with Crippen molar-refractivity contribution in [3.05, 3.63) is 95.6 Å². The van der Waals surface area contributed by atoms with Crippen molar-refractivity contribution in [2.75, 3.05) is 5.32 Å². The van der Waals surface area contributed by atoms with Gasteiger partial charge < -0.3 is 5.32 Å². The molecule has 4 rings (SSSR count). The summed E-state index contributed by atoms with van der Waals surface area (Å²) in [6, 6.07) is 23.8. The lowest BCUT2D eigenvalue weighted by Crippen LogP contribution is -2.11. The van der Waals surface area contributed by atoms with E-state index in [-0.39, 0.29) is 5.91 Å². The summed E-state index contributed by atoms with van der Waals surface area (Å²) in [7, 11) is 0. The molecule has 1 amide bonds. The van der Waals surface area contributed by atoms with Gasteiger partial charge in [-0.3, -0.25) is 4.79 Å². The Morgan fingerprint density at radius 3 is 2.44 bits per heavy atom. The first-order valence-electron chi connectivity index (χ1n) is 8.56. The maximum absolute atomic E-state index is 12.4. The highest BCUT2D eigenvalue weighted by Gasteiger charge is 2.11. The normalized spacial score (nSPS) is 12.5. The number of hydrogen-bond acceptors (Lipinski definition) is 1. The fourth-order valence-corrected chi connectivity index (χ4v) is 3.25. The zero-order chi connectivity index (χ0) is 17.1. The Bertz CT molecular complexity index is 924. The highest BCUT2D eigenvalue weighted by molar-refractivity contribution is 6.04. The number of rotatable bonds is 3. The predicted molar refractivity (Wildman–Crippen MR) is 104 cm³/mol. The summed E-state index contributed by atoms with van der Waals surface area (Å²) in [4.78, 5) is 12.4. The van der Waals surface area contributed by atoms with Crippen molar-refractivity contribution in [1.82, 2.24) is 0 Å². The van der Waals surface area contributed by atoms with Crippen molar-refractivity contribution in [1.29, 1.82) is 0 Å². The first kappa shape index (κ1) is 15.4. The van der Waals surface area contributed by atoms with Gasteiger partial charge in [-0.05, 0) is 59.4 Å². The van der Waals surface area contributed by atoms with E-state index in [0.717, 1.165) is 24.1 Å². The number of amides is 1. The number of para-hydroxylation sites is 1. The van der Waals surface area contributed by atoms with Crippen LogP contribution in [0.25, 0.3) is 17.2 Å². The third kappa shape index (κ3) is 3.24. The van der Waals surface area contributed by atoms with E-state index < -0.39 is 0 Å². The third-order valence-corrected chi connectivity index (χ3v) is 4.55. The van der Waals surface area contributed by atoms with Gasteiger partial charge in [0.25, 0.3) is 5.91 Å². The van der Waals surface area contributed by atoms with Gasteiger partial charge in [0.05, 0.1) is 0 Å². The lowest BCUT2D eigenvalue weighted by molar-refractivity contribution is 0.102. The maximum Gasteiger partial charge on any atom is 0.255 e. The number of hydrogen-bond donors (Lipinski definition) is 1. The van der Waals surface area contributed by atoms with Crippen molar-refractivity contribution < 1.29 is 4.79 Å². The minimum atomic E-state index is -0.0901. The number of benzene rings is 3. The fraction of sp³-hybridized carbons (Fsp3) is 0.0870. The van der Waals surface area contributed by atoms with Crippen LogP contribution in [0.15, 0.2) is 78.9 Å². The smallest absolute Gasteiger partial charge is 0.255 e.